The fraction of sp³-hybridized carbons (Fsp3) is 0.783. The van der Waals surface area contributed by atoms with Crippen LogP contribution >= 0.6 is 11.6 Å². The molecule has 0 spiro atoms. The van der Waals surface area contributed by atoms with E-state index < -0.39 is 17.4 Å². The molecule has 11 atom stereocenters. The molecular formula is C46H68ClNO6. The molecule has 1 aromatic rings. The number of ketones is 1. The molecule has 0 saturated heterocycles. The number of carboxylic acid groups (broad SMARTS) is 1. The summed E-state index contributed by atoms with van der Waals surface area (Å²) in [5.41, 5.74) is -0.365. The minimum absolute atomic E-state index is 0.0285. The Morgan fingerprint density at radius 1 is 0.926 bits per heavy atom. The molecule has 0 aromatic heterocycles. The Morgan fingerprint density at radius 3 is 2.26 bits per heavy atom. The van der Waals surface area contributed by atoms with Crippen LogP contribution in [0.15, 0.2) is 24.3 Å². The zero-order valence-corrected chi connectivity index (χ0v) is 35.5. The van der Waals surface area contributed by atoms with Gasteiger partial charge in [-0.1, -0.05) is 78.3 Å². The van der Waals surface area contributed by atoms with Gasteiger partial charge in [-0.05, 0) is 141 Å². The van der Waals surface area contributed by atoms with Crippen molar-refractivity contribution < 1.29 is 29.0 Å². The highest BCUT2D eigenvalue weighted by molar-refractivity contribution is 6.31. The molecule has 300 valence electrons. The number of hydrogen-bond donors (Lipinski definition) is 2. The lowest BCUT2D eigenvalue weighted by atomic mass is 9.32. The summed E-state index contributed by atoms with van der Waals surface area (Å²) in [5.74, 6) is 0.940. The Bertz CT molecular complexity index is 1650. The van der Waals surface area contributed by atoms with E-state index in [2.05, 4.69) is 53.8 Å². The van der Waals surface area contributed by atoms with E-state index in [9.17, 15) is 24.3 Å². The lowest BCUT2D eigenvalue weighted by molar-refractivity contribution is -0.252. The van der Waals surface area contributed by atoms with Crippen LogP contribution in [0.4, 0.5) is 0 Å². The maximum absolute atomic E-state index is 14.1. The number of halogens is 1. The molecular weight excluding hydrogens is 698 g/mol. The molecule has 0 bridgehead atoms. The van der Waals surface area contributed by atoms with Gasteiger partial charge in [0, 0.05) is 29.2 Å². The number of Topliss-reactive ketones (excluding diaryl/α,β-unsaturated/α-hetero) is 1. The number of aliphatic carboxylic acids is 1. The summed E-state index contributed by atoms with van der Waals surface area (Å²) in [5, 5.41) is 13.5. The largest absolute Gasteiger partial charge is 0.481 e. The molecule has 0 heterocycles. The smallest absolute Gasteiger partial charge is 0.309 e. The average molecular weight is 767 g/mol. The number of rotatable bonds is 10. The first-order chi connectivity index (χ1) is 25.0. The first kappa shape index (κ1) is 41.2. The molecule has 0 radical (unpaired) electrons. The van der Waals surface area contributed by atoms with Gasteiger partial charge in [0.25, 0.3) is 0 Å². The van der Waals surface area contributed by atoms with Crippen LogP contribution in [-0.4, -0.2) is 34.8 Å². The van der Waals surface area contributed by atoms with Crippen LogP contribution in [0.25, 0.3) is 0 Å². The number of esters is 1. The average Bonchev–Trinajstić information content (AvgIpc) is 3.37. The van der Waals surface area contributed by atoms with Crippen LogP contribution in [0.5, 0.6) is 0 Å². The molecule has 5 aliphatic rings. The third-order valence-corrected chi connectivity index (χ3v) is 17.5. The molecule has 5 fully saturated rings. The van der Waals surface area contributed by atoms with Gasteiger partial charge in [-0.2, -0.15) is 0 Å². The second-order valence-electron chi connectivity index (χ2n) is 21.0. The van der Waals surface area contributed by atoms with Crippen molar-refractivity contribution in [2.24, 2.45) is 68.0 Å². The first-order valence-electron chi connectivity index (χ1n) is 21.0. The molecule has 1 aromatic carbocycles. The number of hydrogen-bond acceptors (Lipinski definition) is 5. The number of fused-ring (bicyclic) bond motifs is 7. The van der Waals surface area contributed by atoms with Crippen molar-refractivity contribution in [3.63, 3.8) is 0 Å². The normalized spacial score (nSPS) is 39.1. The Morgan fingerprint density at radius 2 is 1.61 bits per heavy atom. The number of carbonyl (C=O) groups is 4. The van der Waals surface area contributed by atoms with E-state index in [1.54, 1.807) is 13.8 Å². The van der Waals surface area contributed by atoms with Gasteiger partial charge < -0.3 is 15.2 Å². The topological polar surface area (TPSA) is 110 Å². The van der Waals surface area contributed by atoms with Crippen molar-refractivity contribution in [3.05, 3.63) is 34.9 Å². The summed E-state index contributed by atoms with van der Waals surface area (Å²) in [7, 11) is 0. The summed E-state index contributed by atoms with van der Waals surface area (Å²) in [6.45, 7) is 21.9. The molecule has 54 heavy (non-hydrogen) atoms. The third kappa shape index (κ3) is 6.56. The second-order valence-corrected chi connectivity index (χ2v) is 21.4. The first-order valence-corrected chi connectivity index (χ1v) is 21.4. The molecule has 6 rings (SSSR count). The molecule has 5 aliphatic carbocycles. The highest BCUT2D eigenvalue weighted by Crippen LogP contribution is 2.77. The monoisotopic (exact) mass is 765 g/mol. The van der Waals surface area contributed by atoms with E-state index in [0.717, 1.165) is 63.4 Å². The number of carboxylic acids is 1. The van der Waals surface area contributed by atoms with Crippen LogP contribution in [0.3, 0.4) is 0 Å². The van der Waals surface area contributed by atoms with Crippen molar-refractivity contribution in [3.8, 4) is 0 Å². The molecule has 0 aliphatic heterocycles. The minimum atomic E-state index is -1.16. The van der Waals surface area contributed by atoms with Crippen LogP contribution in [0.2, 0.25) is 5.02 Å². The van der Waals surface area contributed by atoms with E-state index in [0.29, 0.717) is 41.4 Å². The molecule has 7 nitrogen and oxygen atoms in total. The molecule has 5 saturated carbocycles. The predicted molar refractivity (Wildman–Crippen MR) is 213 cm³/mol. The summed E-state index contributed by atoms with van der Waals surface area (Å²) >= 11 is 6.46. The Kier molecular flexibility index (Phi) is 10.8. The summed E-state index contributed by atoms with van der Waals surface area (Å²) in [6, 6.07) is 7.48. The van der Waals surface area contributed by atoms with Crippen molar-refractivity contribution in [2.45, 2.75) is 158 Å². The highest BCUT2D eigenvalue weighted by Gasteiger charge is 2.72. The number of amides is 1. The zero-order valence-electron chi connectivity index (χ0n) is 34.8. The van der Waals surface area contributed by atoms with Gasteiger partial charge in [0.2, 0.25) is 5.91 Å². The van der Waals surface area contributed by atoms with E-state index in [1.165, 1.54) is 0 Å². The fourth-order valence-electron chi connectivity index (χ4n) is 14.2. The SMILES string of the molecule is CC(C)C1C(=O)CC2(CCC(=O)N[C@@H](C)c3ccccc3Cl)CC[C@]3(C)C(CCC4C5(C)CC[C@H](OC(=O)CC(C)(C)C(=O)O)C(C)(C)[C@@H]5CC[C@]43C)C12. The van der Waals surface area contributed by atoms with Gasteiger partial charge >= 0.3 is 11.9 Å². The number of nitrogens with one attached hydrogen (secondary N) is 1. The van der Waals surface area contributed by atoms with Crippen molar-refractivity contribution in [1.29, 1.82) is 0 Å². The third-order valence-electron chi connectivity index (χ3n) is 17.2. The van der Waals surface area contributed by atoms with Gasteiger partial charge in [0.05, 0.1) is 17.9 Å². The lowest BCUT2D eigenvalue weighted by Gasteiger charge is -2.73. The molecule has 2 N–H and O–H groups in total. The quantitative estimate of drug-likeness (QED) is 0.230. The van der Waals surface area contributed by atoms with Gasteiger partial charge in [0.15, 0.2) is 0 Å². The summed E-state index contributed by atoms with van der Waals surface area (Å²) in [4.78, 5) is 52.5. The fourth-order valence-corrected chi connectivity index (χ4v) is 14.5. The van der Waals surface area contributed by atoms with Crippen LogP contribution in [-0.2, 0) is 23.9 Å². The molecule has 6 unspecified atom stereocenters. The highest BCUT2D eigenvalue weighted by atomic mass is 35.5. The Hall–Kier alpha value is -2.41. The Balaban J connectivity index is 1.22. The number of carbonyl (C=O) groups excluding carboxylic acids is 3. The number of ether oxygens (including phenoxy) is 1. The summed E-state index contributed by atoms with van der Waals surface area (Å²) in [6.07, 6.45) is 9.68. The van der Waals surface area contributed by atoms with Crippen LogP contribution < -0.4 is 5.32 Å². The second kappa shape index (κ2) is 14.2. The minimum Gasteiger partial charge on any atom is -0.481 e. The van der Waals surface area contributed by atoms with Gasteiger partial charge in [-0.3, -0.25) is 19.2 Å². The van der Waals surface area contributed by atoms with E-state index in [1.807, 2.05) is 31.2 Å². The van der Waals surface area contributed by atoms with Crippen LogP contribution in [0.1, 0.15) is 158 Å². The Labute approximate surface area is 329 Å². The van der Waals surface area contributed by atoms with Gasteiger partial charge in [0.1, 0.15) is 11.9 Å². The summed E-state index contributed by atoms with van der Waals surface area (Å²) < 4.78 is 6.18. The van der Waals surface area contributed by atoms with Crippen molar-refractivity contribution in [2.75, 3.05) is 0 Å². The number of benzene rings is 1. The molecule has 1 amide bonds. The van der Waals surface area contributed by atoms with Gasteiger partial charge in [-0.15, -0.1) is 0 Å². The maximum atomic E-state index is 14.1. The van der Waals surface area contributed by atoms with Gasteiger partial charge in [-0.25, -0.2) is 0 Å². The van der Waals surface area contributed by atoms with E-state index >= 15 is 0 Å². The van der Waals surface area contributed by atoms with E-state index in [-0.39, 0.29) is 69.3 Å². The maximum Gasteiger partial charge on any atom is 0.309 e. The predicted octanol–water partition coefficient (Wildman–Crippen LogP) is 10.6. The van der Waals surface area contributed by atoms with Crippen molar-refractivity contribution >= 4 is 35.2 Å². The standard InChI is InChI=1S/C46H68ClNO6/c1-27(2)38-32(49)25-46(22-19-36(50)48-28(3)29-13-11-12-14-31(29)47)24-23-44(9)30(39(38)46)15-16-34-43(8)20-18-35(54-37(51)26-41(4,5)40(52)53)42(6,7)33(43)17-21-45(34,44)10/h11-14,27-28,30,33-35,38-39H,15-26H2,1-10H3,(H,48,50)(H,52,53)/t28-,30?,33-,34?,35-,38?,39?,43?,44+,45+,46?/m0/s1. The van der Waals surface area contributed by atoms with Crippen molar-refractivity contribution in [1.82, 2.24) is 5.32 Å². The molecule has 8 heteroatoms. The van der Waals surface area contributed by atoms with Crippen LogP contribution in [0, 0.1) is 68.0 Å². The lowest BCUT2D eigenvalue weighted by Crippen LogP contribution is -2.67. The van der Waals surface area contributed by atoms with E-state index in [4.69, 9.17) is 16.3 Å². The zero-order chi connectivity index (χ0) is 39.8.